The smallest absolute Gasteiger partial charge is 0.283 e. The number of benzene rings is 2. The molecular weight excluding hydrogens is 354 g/mol. The molecular formula is C19H23NO5S. The van der Waals surface area contributed by atoms with Gasteiger partial charge in [-0.1, -0.05) is 48.6 Å². The van der Waals surface area contributed by atoms with Gasteiger partial charge in [-0.05, 0) is 25.1 Å². The van der Waals surface area contributed by atoms with Gasteiger partial charge in [-0.25, -0.2) is 0 Å². The Kier molecular flexibility index (Phi) is 7.65. The van der Waals surface area contributed by atoms with Crippen LogP contribution in [0.3, 0.4) is 0 Å². The zero-order valence-corrected chi connectivity index (χ0v) is 15.4. The Morgan fingerprint density at radius 2 is 1.65 bits per heavy atom. The van der Waals surface area contributed by atoms with Gasteiger partial charge in [0.25, 0.3) is 10.1 Å². The van der Waals surface area contributed by atoms with Crippen LogP contribution < -0.4 is 15.4 Å². The lowest BCUT2D eigenvalue weighted by Gasteiger charge is -2.18. The molecule has 1 unspecified atom stereocenters. The summed E-state index contributed by atoms with van der Waals surface area (Å²) in [5.41, 5.74) is 0.913. The standard InChI is InChI=1S/C19H23NO5S/c1-2-8-17-9-6-7-12-19(17)24-14-16(15-26(21,22)25-20)13-23-18-10-4-3-5-11-18/h2-12,16H,13-15,20H2,1H3. The van der Waals surface area contributed by atoms with E-state index in [1.54, 1.807) is 12.1 Å². The van der Waals surface area contributed by atoms with Crippen molar-refractivity contribution in [2.75, 3.05) is 19.0 Å². The van der Waals surface area contributed by atoms with E-state index < -0.39 is 16.0 Å². The van der Waals surface area contributed by atoms with Crippen LogP contribution in [0.1, 0.15) is 12.5 Å². The van der Waals surface area contributed by atoms with Crippen molar-refractivity contribution in [3.05, 3.63) is 66.2 Å². The maximum Gasteiger partial charge on any atom is 0.283 e. The number of rotatable bonds is 10. The molecule has 0 saturated carbocycles. The molecule has 2 aromatic carbocycles. The lowest BCUT2D eigenvalue weighted by molar-refractivity contribution is 0.186. The highest BCUT2D eigenvalue weighted by atomic mass is 32.2. The van der Waals surface area contributed by atoms with Crippen molar-refractivity contribution in [3.8, 4) is 11.5 Å². The van der Waals surface area contributed by atoms with Crippen molar-refractivity contribution in [1.82, 2.24) is 0 Å². The maximum atomic E-state index is 11.7. The van der Waals surface area contributed by atoms with Gasteiger partial charge < -0.3 is 9.47 Å². The van der Waals surface area contributed by atoms with E-state index in [9.17, 15) is 8.42 Å². The normalized spacial score (nSPS) is 12.8. The first kappa shape index (κ1) is 20.0. The van der Waals surface area contributed by atoms with Gasteiger partial charge in [-0.15, -0.1) is 0 Å². The summed E-state index contributed by atoms with van der Waals surface area (Å²) in [6, 6.07) is 16.7. The van der Waals surface area contributed by atoms with Crippen LogP contribution in [0.25, 0.3) is 6.08 Å². The molecule has 2 N–H and O–H groups in total. The van der Waals surface area contributed by atoms with Crippen LogP contribution in [-0.2, 0) is 14.4 Å². The second-order valence-electron chi connectivity index (χ2n) is 5.66. The number of nitrogens with two attached hydrogens (primary N) is 1. The molecule has 0 radical (unpaired) electrons. The SMILES string of the molecule is CC=Cc1ccccc1OCC(COc1ccccc1)CS(=O)(=O)ON. The summed E-state index contributed by atoms with van der Waals surface area (Å²) >= 11 is 0. The molecule has 0 heterocycles. The van der Waals surface area contributed by atoms with Gasteiger partial charge >= 0.3 is 0 Å². The van der Waals surface area contributed by atoms with Crippen molar-refractivity contribution >= 4 is 16.2 Å². The molecule has 0 saturated heterocycles. The van der Waals surface area contributed by atoms with E-state index in [0.717, 1.165) is 5.56 Å². The van der Waals surface area contributed by atoms with Gasteiger partial charge in [-0.3, -0.25) is 0 Å². The number of hydrogen-bond acceptors (Lipinski definition) is 6. The zero-order valence-electron chi connectivity index (χ0n) is 14.6. The van der Waals surface area contributed by atoms with Gasteiger partial charge in [0.2, 0.25) is 0 Å². The van der Waals surface area contributed by atoms with Crippen molar-refractivity contribution in [2.24, 2.45) is 11.8 Å². The summed E-state index contributed by atoms with van der Waals surface area (Å²) in [5.74, 6) is 5.41. The molecule has 0 fully saturated rings. The Balaban J connectivity index is 2.06. The van der Waals surface area contributed by atoms with E-state index >= 15 is 0 Å². The van der Waals surface area contributed by atoms with Crippen LogP contribution in [0.15, 0.2) is 60.7 Å². The highest BCUT2D eigenvalue weighted by Gasteiger charge is 2.21. The largest absolute Gasteiger partial charge is 0.493 e. The van der Waals surface area contributed by atoms with Crippen LogP contribution in [0.2, 0.25) is 0 Å². The molecule has 140 valence electrons. The van der Waals surface area contributed by atoms with E-state index in [1.807, 2.05) is 61.5 Å². The van der Waals surface area contributed by atoms with Crippen LogP contribution in [0, 0.1) is 5.92 Å². The van der Waals surface area contributed by atoms with Crippen molar-refractivity contribution in [2.45, 2.75) is 6.92 Å². The number of hydrogen-bond donors (Lipinski definition) is 1. The molecule has 0 aliphatic heterocycles. The molecule has 0 aromatic heterocycles. The summed E-state index contributed by atoms with van der Waals surface area (Å²) in [5, 5.41) is 0. The first-order chi connectivity index (χ1) is 12.5. The van der Waals surface area contributed by atoms with Crippen molar-refractivity contribution in [3.63, 3.8) is 0 Å². The predicted molar refractivity (Wildman–Crippen MR) is 101 cm³/mol. The predicted octanol–water partition coefficient (Wildman–Crippen LogP) is 3.01. The first-order valence-corrected chi connectivity index (χ1v) is 9.75. The molecule has 26 heavy (non-hydrogen) atoms. The number of para-hydroxylation sites is 2. The second-order valence-corrected chi connectivity index (χ2v) is 7.30. The first-order valence-electron chi connectivity index (χ1n) is 8.17. The molecule has 6 nitrogen and oxygen atoms in total. The maximum absolute atomic E-state index is 11.7. The summed E-state index contributed by atoms with van der Waals surface area (Å²) in [4.78, 5) is 0. The Morgan fingerprint density at radius 3 is 2.35 bits per heavy atom. The molecule has 7 heteroatoms. The van der Waals surface area contributed by atoms with Crippen LogP contribution in [0.4, 0.5) is 0 Å². The molecule has 0 aliphatic rings. The molecule has 1 atom stereocenters. The summed E-state index contributed by atoms with van der Waals surface area (Å²) in [6.45, 7) is 2.21. The lowest BCUT2D eigenvalue weighted by atomic mass is 10.2. The molecule has 0 spiro atoms. The topological polar surface area (TPSA) is 87.8 Å². The van der Waals surface area contributed by atoms with E-state index in [-0.39, 0.29) is 19.0 Å². The van der Waals surface area contributed by atoms with E-state index in [2.05, 4.69) is 4.28 Å². The zero-order chi connectivity index (χ0) is 18.8. The van der Waals surface area contributed by atoms with Crippen molar-refractivity contribution in [1.29, 1.82) is 0 Å². The lowest BCUT2D eigenvalue weighted by Crippen LogP contribution is -2.29. The van der Waals surface area contributed by atoms with Gasteiger partial charge in [0.1, 0.15) is 11.5 Å². The second kappa shape index (κ2) is 9.96. The van der Waals surface area contributed by atoms with Crippen LogP contribution in [-0.4, -0.2) is 27.4 Å². The number of ether oxygens (including phenoxy) is 2. The monoisotopic (exact) mass is 377 g/mol. The van der Waals surface area contributed by atoms with E-state index in [4.69, 9.17) is 15.4 Å². The average molecular weight is 377 g/mol. The molecule has 0 amide bonds. The minimum Gasteiger partial charge on any atom is -0.493 e. The third kappa shape index (κ3) is 6.51. The van der Waals surface area contributed by atoms with Gasteiger partial charge in [-0.2, -0.15) is 18.6 Å². The summed E-state index contributed by atoms with van der Waals surface area (Å²) < 4.78 is 39.1. The Morgan fingerprint density at radius 1 is 1.00 bits per heavy atom. The van der Waals surface area contributed by atoms with Crippen molar-refractivity contribution < 1.29 is 22.2 Å². The Hall–Kier alpha value is -2.35. The van der Waals surface area contributed by atoms with Gasteiger partial charge in [0, 0.05) is 11.5 Å². The minimum absolute atomic E-state index is 0.143. The summed E-state index contributed by atoms with van der Waals surface area (Å²) in [6.07, 6.45) is 3.83. The minimum atomic E-state index is -3.84. The molecule has 2 rings (SSSR count). The fourth-order valence-corrected chi connectivity index (χ4v) is 3.19. The third-order valence-corrected chi connectivity index (χ3v) is 4.73. The van der Waals surface area contributed by atoms with Gasteiger partial charge in [0.15, 0.2) is 0 Å². The van der Waals surface area contributed by atoms with E-state index in [1.165, 1.54) is 0 Å². The fourth-order valence-electron chi connectivity index (χ4n) is 2.34. The quantitative estimate of drug-likeness (QED) is 0.641. The number of allylic oxidation sites excluding steroid dienone is 1. The van der Waals surface area contributed by atoms with E-state index in [0.29, 0.717) is 11.5 Å². The van der Waals surface area contributed by atoms with Crippen LogP contribution >= 0.6 is 0 Å². The van der Waals surface area contributed by atoms with Gasteiger partial charge in [0.05, 0.1) is 19.0 Å². The molecule has 2 aromatic rings. The molecule has 0 bridgehead atoms. The Bertz CT molecular complexity index is 806. The highest BCUT2D eigenvalue weighted by Crippen LogP contribution is 2.21. The Labute approximate surface area is 154 Å². The fraction of sp³-hybridized carbons (Fsp3) is 0.263. The third-order valence-electron chi connectivity index (χ3n) is 3.56. The summed E-state index contributed by atoms with van der Waals surface area (Å²) in [7, 11) is -3.84. The highest BCUT2D eigenvalue weighted by molar-refractivity contribution is 7.86. The molecule has 0 aliphatic carbocycles. The average Bonchev–Trinajstić information content (AvgIpc) is 2.66. The van der Waals surface area contributed by atoms with Crippen LogP contribution in [0.5, 0.6) is 11.5 Å².